The molecule has 0 bridgehead atoms. The van der Waals surface area contributed by atoms with E-state index in [0.717, 1.165) is 21.8 Å². The van der Waals surface area contributed by atoms with Crippen LogP contribution in [-0.2, 0) is 16.6 Å². The lowest BCUT2D eigenvalue weighted by Gasteiger charge is -2.16. The summed E-state index contributed by atoms with van der Waals surface area (Å²) in [5, 5.41) is 1.94. The average Bonchev–Trinajstić information content (AvgIpc) is 2.86. The number of sulfonamides is 1. The summed E-state index contributed by atoms with van der Waals surface area (Å²) in [5.41, 5.74) is 1.47. The molecule has 0 atom stereocenters. The molecule has 0 unspecified atom stereocenters. The van der Waals surface area contributed by atoms with E-state index in [1.807, 2.05) is 18.4 Å². The van der Waals surface area contributed by atoms with E-state index in [1.54, 1.807) is 6.92 Å². The van der Waals surface area contributed by atoms with E-state index in [9.17, 15) is 13.2 Å². The largest absolute Gasteiger partial charge is 0.315 e. The van der Waals surface area contributed by atoms with Crippen molar-refractivity contribution in [1.29, 1.82) is 0 Å². The van der Waals surface area contributed by atoms with Crippen LogP contribution in [0.2, 0.25) is 0 Å². The van der Waals surface area contributed by atoms with Gasteiger partial charge in [-0.05, 0) is 30.9 Å². The van der Waals surface area contributed by atoms with E-state index in [-0.39, 0.29) is 9.08 Å². The molecule has 8 heteroatoms. The van der Waals surface area contributed by atoms with E-state index in [0.29, 0.717) is 12.2 Å². The number of aromatic amines is 1. The van der Waals surface area contributed by atoms with Crippen molar-refractivity contribution in [2.24, 2.45) is 0 Å². The Morgan fingerprint density at radius 2 is 2.05 bits per heavy atom. The third-order valence-corrected chi connectivity index (χ3v) is 7.15. The molecule has 0 amide bonds. The summed E-state index contributed by atoms with van der Waals surface area (Å²) < 4.78 is 26.1. The molecule has 2 heterocycles. The molecule has 2 aromatic rings. The Kier molecular flexibility index (Phi) is 3.95. The molecule has 19 heavy (non-hydrogen) atoms. The van der Waals surface area contributed by atoms with Crippen molar-refractivity contribution in [2.75, 3.05) is 7.05 Å². The van der Waals surface area contributed by atoms with Gasteiger partial charge in [-0.1, -0.05) is 11.3 Å². The molecule has 0 radical (unpaired) electrons. The van der Waals surface area contributed by atoms with E-state index in [4.69, 9.17) is 0 Å². The Morgan fingerprint density at radius 1 is 1.37 bits per heavy atom. The molecular formula is C11H14N2O3S3. The second kappa shape index (κ2) is 5.20. The highest BCUT2D eigenvalue weighted by Gasteiger charge is 2.26. The van der Waals surface area contributed by atoms with Crippen molar-refractivity contribution in [3.63, 3.8) is 0 Å². The highest BCUT2D eigenvalue weighted by Crippen LogP contribution is 2.24. The van der Waals surface area contributed by atoms with Gasteiger partial charge in [0.2, 0.25) is 0 Å². The number of H-pyrrole nitrogens is 1. The molecule has 0 spiro atoms. The number of rotatable bonds is 4. The lowest BCUT2D eigenvalue weighted by atomic mass is 10.3. The van der Waals surface area contributed by atoms with Gasteiger partial charge in [0.1, 0.15) is 0 Å². The zero-order valence-electron chi connectivity index (χ0n) is 10.8. The fourth-order valence-corrected chi connectivity index (χ4v) is 5.30. The van der Waals surface area contributed by atoms with Gasteiger partial charge in [0, 0.05) is 24.2 Å². The van der Waals surface area contributed by atoms with E-state index >= 15 is 0 Å². The number of nitrogens with zero attached hydrogens (tertiary/aromatic N) is 1. The molecular weight excluding hydrogens is 304 g/mol. The van der Waals surface area contributed by atoms with E-state index < -0.39 is 10.0 Å². The number of thiazole rings is 1. The summed E-state index contributed by atoms with van der Waals surface area (Å²) >= 11 is 2.26. The second-order valence-corrected chi connectivity index (χ2v) is 8.44. The van der Waals surface area contributed by atoms with Crippen LogP contribution >= 0.6 is 22.7 Å². The minimum atomic E-state index is -3.61. The van der Waals surface area contributed by atoms with Gasteiger partial charge in [-0.2, -0.15) is 4.31 Å². The monoisotopic (exact) mass is 318 g/mol. The standard InChI is InChI=1S/C11H14N2O3S3/c1-7-4-5-17-9(7)6-13(3)19(15,16)10-8(2)12-11(14)18-10/h4-5H,6H2,1-3H3,(H,12,14). The van der Waals surface area contributed by atoms with Crippen LogP contribution in [0.1, 0.15) is 16.1 Å². The maximum Gasteiger partial charge on any atom is 0.305 e. The second-order valence-electron chi connectivity index (χ2n) is 4.21. The van der Waals surface area contributed by atoms with Crippen LogP contribution in [0.4, 0.5) is 0 Å². The maximum atomic E-state index is 12.4. The molecule has 5 nitrogen and oxygen atoms in total. The third kappa shape index (κ3) is 2.81. The Hall–Kier alpha value is -0.960. The Balaban J connectivity index is 2.32. The summed E-state index contributed by atoms with van der Waals surface area (Å²) in [6.45, 7) is 3.86. The Bertz CT molecular complexity index is 739. The predicted molar refractivity (Wildman–Crippen MR) is 77.4 cm³/mol. The molecule has 0 saturated carbocycles. The van der Waals surface area contributed by atoms with Gasteiger partial charge < -0.3 is 4.98 Å². The number of aryl methyl sites for hydroxylation is 2. The maximum absolute atomic E-state index is 12.4. The average molecular weight is 318 g/mol. The third-order valence-electron chi connectivity index (χ3n) is 2.76. The van der Waals surface area contributed by atoms with Crippen LogP contribution in [0.15, 0.2) is 20.5 Å². The Morgan fingerprint density at radius 3 is 2.53 bits per heavy atom. The fourth-order valence-electron chi connectivity index (χ4n) is 1.63. The first-order valence-corrected chi connectivity index (χ1v) is 8.65. The summed E-state index contributed by atoms with van der Waals surface area (Å²) in [6, 6.07) is 1.96. The molecule has 0 aliphatic heterocycles. The van der Waals surface area contributed by atoms with E-state index in [1.165, 1.54) is 22.7 Å². The van der Waals surface area contributed by atoms with Crippen molar-refractivity contribution in [3.05, 3.63) is 37.2 Å². The van der Waals surface area contributed by atoms with Gasteiger partial charge in [0.15, 0.2) is 4.21 Å². The molecule has 0 aliphatic rings. The van der Waals surface area contributed by atoms with Crippen LogP contribution < -0.4 is 4.87 Å². The van der Waals surface area contributed by atoms with Crippen LogP contribution in [-0.4, -0.2) is 24.8 Å². The molecule has 0 saturated heterocycles. The normalized spacial score (nSPS) is 12.2. The van der Waals surface area contributed by atoms with Crippen LogP contribution in [0.25, 0.3) is 0 Å². The van der Waals surface area contributed by atoms with Gasteiger partial charge in [-0.25, -0.2) is 8.42 Å². The Labute approximate surface area is 119 Å². The summed E-state index contributed by atoms with van der Waals surface area (Å²) in [5.74, 6) is 0. The van der Waals surface area contributed by atoms with Crippen LogP contribution in [0.3, 0.4) is 0 Å². The lowest BCUT2D eigenvalue weighted by Crippen LogP contribution is -2.26. The summed E-state index contributed by atoms with van der Waals surface area (Å²) in [7, 11) is -2.09. The SMILES string of the molecule is Cc1ccsc1CN(C)S(=O)(=O)c1sc(=O)[nH]c1C. The molecule has 0 fully saturated rings. The highest BCUT2D eigenvalue weighted by molar-refractivity contribution is 7.91. The quantitative estimate of drug-likeness (QED) is 0.936. The number of nitrogens with one attached hydrogen (secondary N) is 1. The van der Waals surface area contributed by atoms with Crippen LogP contribution in [0, 0.1) is 13.8 Å². The molecule has 2 aromatic heterocycles. The summed E-state index contributed by atoms with van der Waals surface area (Å²) in [4.78, 5) is 14.4. The number of thiophene rings is 1. The topological polar surface area (TPSA) is 70.2 Å². The van der Waals surface area contributed by atoms with Crippen molar-refractivity contribution in [1.82, 2.24) is 9.29 Å². The molecule has 0 aromatic carbocycles. The molecule has 0 aliphatic carbocycles. The predicted octanol–water partition coefficient (Wildman–Crippen LogP) is 1.94. The van der Waals surface area contributed by atoms with Crippen LogP contribution in [0.5, 0.6) is 0 Å². The van der Waals surface area contributed by atoms with Crippen molar-refractivity contribution >= 4 is 32.7 Å². The van der Waals surface area contributed by atoms with Gasteiger partial charge in [0.25, 0.3) is 10.0 Å². The summed E-state index contributed by atoms with van der Waals surface area (Å²) in [6.07, 6.45) is 0. The minimum Gasteiger partial charge on any atom is -0.315 e. The van der Waals surface area contributed by atoms with Gasteiger partial charge in [0.05, 0.1) is 0 Å². The molecule has 104 valence electrons. The lowest BCUT2D eigenvalue weighted by molar-refractivity contribution is 0.470. The first kappa shape index (κ1) is 14.4. The molecule has 2 rings (SSSR count). The van der Waals surface area contributed by atoms with Crippen molar-refractivity contribution in [2.45, 2.75) is 24.6 Å². The van der Waals surface area contributed by atoms with Gasteiger partial charge in [-0.3, -0.25) is 4.79 Å². The van der Waals surface area contributed by atoms with E-state index in [2.05, 4.69) is 4.98 Å². The first-order valence-electron chi connectivity index (χ1n) is 5.51. The number of hydrogen-bond donors (Lipinski definition) is 1. The highest BCUT2D eigenvalue weighted by atomic mass is 32.2. The first-order chi connectivity index (χ1) is 8.82. The smallest absolute Gasteiger partial charge is 0.305 e. The molecule has 1 N–H and O–H groups in total. The van der Waals surface area contributed by atoms with Crippen molar-refractivity contribution < 1.29 is 8.42 Å². The number of hydrogen-bond acceptors (Lipinski definition) is 5. The van der Waals surface area contributed by atoms with Crippen molar-refractivity contribution in [3.8, 4) is 0 Å². The van der Waals surface area contributed by atoms with Gasteiger partial charge >= 0.3 is 4.87 Å². The van der Waals surface area contributed by atoms with Gasteiger partial charge in [-0.15, -0.1) is 11.3 Å². The zero-order chi connectivity index (χ0) is 14.2. The fraction of sp³-hybridized carbons (Fsp3) is 0.364. The zero-order valence-corrected chi connectivity index (χ0v) is 13.2. The minimum absolute atomic E-state index is 0.0919. The number of aromatic nitrogens is 1.